The molecule has 0 aromatic carbocycles. The Balaban J connectivity index is 4.12. The van der Waals surface area contributed by atoms with Crippen LogP contribution in [0.25, 0.3) is 0 Å². The number of aliphatic hydroxyl groups is 1. The summed E-state index contributed by atoms with van der Waals surface area (Å²) in [5.74, 6) is 0. The van der Waals surface area contributed by atoms with Crippen molar-refractivity contribution in [2.75, 3.05) is 6.61 Å². The summed E-state index contributed by atoms with van der Waals surface area (Å²) in [7, 11) is 0. The number of allylic oxidation sites excluding steroid dienone is 5. The smallest absolute Gasteiger partial charge is 0.0614 e. The minimum Gasteiger partial charge on any atom is -0.392 e. The Morgan fingerprint density at radius 1 is 0.824 bits per heavy atom. The van der Waals surface area contributed by atoms with Crippen LogP contribution in [-0.2, 0) is 0 Å². The van der Waals surface area contributed by atoms with E-state index in [-0.39, 0.29) is 6.61 Å². The molecule has 0 aromatic rings. The van der Waals surface area contributed by atoms with Crippen molar-refractivity contribution in [3.8, 4) is 0 Å². The van der Waals surface area contributed by atoms with Crippen molar-refractivity contribution in [1.82, 2.24) is 0 Å². The Labute approximate surface area is 107 Å². The summed E-state index contributed by atoms with van der Waals surface area (Å²) in [4.78, 5) is 0. The lowest BCUT2D eigenvalue weighted by atomic mass is 9.99. The van der Waals surface area contributed by atoms with Crippen LogP contribution >= 0.6 is 0 Å². The molecule has 1 heteroatoms. The Kier molecular flexibility index (Phi) is 8.79. The Morgan fingerprint density at radius 3 is 1.94 bits per heavy atom. The van der Waals surface area contributed by atoms with Crippen LogP contribution in [0.4, 0.5) is 0 Å². The highest BCUT2D eigenvalue weighted by Crippen LogP contribution is 2.18. The minimum absolute atomic E-state index is 0.161. The fourth-order valence-corrected chi connectivity index (χ4v) is 1.65. The normalized spacial score (nSPS) is 13.4. The quantitative estimate of drug-likeness (QED) is 0.630. The van der Waals surface area contributed by atoms with Crippen LogP contribution in [0.1, 0.15) is 60.3 Å². The van der Waals surface area contributed by atoms with Gasteiger partial charge in [0.05, 0.1) is 6.61 Å². The van der Waals surface area contributed by atoms with Crippen molar-refractivity contribution in [2.24, 2.45) is 0 Å². The molecule has 0 saturated carbocycles. The first-order chi connectivity index (χ1) is 7.97. The molecule has 17 heavy (non-hydrogen) atoms. The first kappa shape index (κ1) is 16.2. The Morgan fingerprint density at radius 2 is 1.41 bits per heavy atom. The van der Waals surface area contributed by atoms with E-state index in [1.54, 1.807) is 0 Å². The molecule has 0 aliphatic rings. The van der Waals surface area contributed by atoms with Crippen LogP contribution in [0, 0.1) is 0 Å². The summed E-state index contributed by atoms with van der Waals surface area (Å²) in [6.45, 7) is 11.0. The van der Waals surface area contributed by atoms with E-state index in [4.69, 9.17) is 5.11 Å². The SMILES string of the molecule is CC(C)=CCC/C(C)=C(\C)CC/C(C)=C/CO. The largest absolute Gasteiger partial charge is 0.392 e. The third-order valence-corrected chi connectivity index (χ3v) is 3.13. The number of hydrogen-bond donors (Lipinski definition) is 1. The summed E-state index contributed by atoms with van der Waals surface area (Å²) in [6.07, 6.45) is 8.69. The van der Waals surface area contributed by atoms with E-state index < -0.39 is 0 Å². The predicted molar refractivity (Wildman–Crippen MR) is 77.1 cm³/mol. The highest BCUT2D eigenvalue weighted by atomic mass is 16.2. The number of aliphatic hydroxyl groups excluding tert-OH is 1. The third kappa shape index (κ3) is 8.93. The van der Waals surface area contributed by atoms with E-state index >= 15 is 0 Å². The second-order valence-electron chi connectivity index (χ2n) is 5.11. The lowest BCUT2D eigenvalue weighted by Gasteiger charge is -2.07. The standard InChI is InChI=1S/C16H28O/c1-13(2)7-6-8-15(4)16(5)10-9-14(3)11-12-17/h7,11,17H,6,8-10,12H2,1-5H3/b14-11+,16-15+. The molecule has 0 radical (unpaired) electrons. The first-order valence-corrected chi connectivity index (χ1v) is 6.52. The van der Waals surface area contributed by atoms with Gasteiger partial charge in [0.1, 0.15) is 0 Å². The lowest BCUT2D eigenvalue weighted by molar-refractivity contribution is 0.341. The molecule has 0 spiro atoms. The molecule has 0 amide bonds. The molecule has 0 aliphatic carbocycles. The van der Waals surface area contributed by atoms with Gasteiger partial charge in [0, 0.05) is 0 Å². The number of rotatable bonds is 7. The van der Waals surface area contributed by atoms with E-state index in [9.17, 15) is 0 Å². The van der Waals surface area contributed by atoms with Crippen LogP contribution in [0.5, 0.6) is 0 Å². The van der Waals surface area contributed by atoms with Crippen LogP contribution in [-0.4, -0.2) is 11.7 Å². The maximum atomic E-state index is 8.78. The van der Waals surface area contributed by atoms with Gasteiger partial charge in [-0.3, -0.25) is 0 Å². The highest BCUT2D eigenvalue weighted by molar-refractivity contribution is 5.13. The minimum atomic E-state index is 0.161. The van der Waals surface area contributed by atoms with Gasteiger partial charge in [0.25, 0.3) is 0 Å². The van der Waals surface area contributed by atoms with Crippen molar-refractivity contribution in [3.63, 3.8) is 0 Å². The molecule has 0 saturated heterocycles. The molecule has 0 fully saturated rings. The molecular weight excluding hydrogens is 208 g/mol. The Hall–Kier alpha value is -0.820. The zero-order valence-corrected chi connectivity index (χ0v) is 12.1. The van der Waals surface area contributed by atoms with Gasteiger partial charge in [0.2, 0.25) is 0 Å². The molecule has 0 unspecified atom stereocenters. The molecule has 0 bridgehead atoms. The fraction of sp³-hybridized carbons (Fsp3) is 0.625. The van der Waals surface area contributed by atoms with Gasteiger partial charge in [0.15, 0.2) is 0 Å². The molecule has 98 valence electrons. The number of hydrogen-bond acceptors (Lipinski definition) is 1. The van der Waals surface area contributed by atoms with Crippen LogP contribution < -0.4 is 0 Å². The second kappa shape index (κ2) is 9.23. The van der Waals surface area contributed by atoms with Crippen molar-refractivity contribution in [3.05, 3.63) is 34.4 Å². The van der Waals surface area contributed by atoms with E-state index in [0.717, 1.165) is 19.3 Å². The molecule has 0 aromatic heterocycles. The fourth-order valence-electron chi connectivity index (χ4n) is 1.65. The van der Waals surface area contributed by atoms with E-state index in [1.165, 1.54) is 28.7 Å². The third-order valence-electron chi connectivity index (χ3n) is 3.13. The molecule has 1 nitrogen and oxygen atoms in total. The van der Waals surface area contributed by atoms with Gasteiger partial charge in [-0.15, -0.1) is 0 Å². The Bertz CT molecular complexity index is 301. The summed E-state index contributed by atoms with van der Waals surface area (Å²) in [6, 6.07) is 0. The predicted octanol–water partition coefficient (Wildman–Crippen LogP) is 4.79. The molecule has 1 N–H and O–H groups in total. The van der Waals surface area contributed by atoms with Crippen molar-refractivity contribution >= 4 is 0 Å². The van der Waals surface area contributed by atoms with Crippen LogP contribution in [0.3, 0.4) is 0 Å². The van der Waals surface area contributed by atoms with Gasteiger partial charge in [-0.05, 0) is 60.3 Å². The van der Waals surface area contributed by atoms with Crippen LogP contribution in [0.2, 0.25) is 0 Å². The zero-order chi connectivity index (χ0) is 13.3. The molecular formula is C16H28O. The summed E-state index contributed by atoms with van der Waals surface area (Å²) in [5.41, 5.74) is 5.69. The lowest BCUT2D eigenvalue weighted by Crippen LogP contribution is -1.88. The van der Waals surface area contributed by atoms with E-state index in [0.29, 0.717) is 0 Å². The van der Waals surface area contributed by atoms with E-state index in [1.807, 2.05) is 6.08 Å². The summed E-state index contributed by atoms with van der Waals surface area (Å²) >= 11 is 0. The average Bonchev–Trinajstić information content (AvgIpc) is 2.25. The molecule has 0 rings (SSSR count). The van der Waals surface area contributed by atoms with Crippen molar-refractivity contribution in [1.29, 1.82) is 0 Å². The van der Waals surface area contributed by atoms with Crippen molar-refractivity contribution < 1.29 is 5.11 Å². The highest BCUT2D eigenvalue weighted by Gasteiger charge is 1.98. The van der Waals surface area contributed by atoms with Crippen LogP contribution in [0.15, 0.2) is 34.4 Å². The maximum Gasteiger partial charge on any atom is 0.0614 e. The van der Waals surface area contributed by atoms with Gasteiger partial charge < -0.3 is 5.11 Å². The van der Waals surface area contributed by atoms with Gasteiger partial charge in [-0.1, -0.05) is 34.4 Å². The monoisotopic (exact) mass is 236 g/mol. The van der Waals surface area contributed by atoms with Gasteiger partial charge in [-0.25, -0.2) is 0 Å². The van der Waals surface area contributed by atoms with Gasteiger partial charge >= 0.3 is 0 Å². The maximum absolute atomic E-state index is 8.78. The molecule has 0 atom stereocenters. The van der Waals surface area contributed by atoms with Crippen molar-refractivity contribution in [2.45, 2.75) is 60.3 Å². The summed E-state index contributed by atoms with van der Waals surface area (Å²) in [5, 5.41) is 8.78. The van der Waals surface area contributed by atoms with Gasteiger partial charge in [-0.2, -0.15) is 0 Å². The molecule has 0 heterocycles. The molecule has 0 aliphatic heterocycles. The summed E-state index contributed by atoms with van der Waals surface area (Å²) < 4.78 is 0. The second-order valence-corrected chi connectivity index (χ2v) is 5.11. The van der Waals surface area contributed by atoms with E-state index in [2.05, 4.69) is 40.7 Å². The topological polar surface area (TPSA) is 20.2 Å². The average molecular weight is 236 g/mol. The zero-order valence-electron chi connectivity index (χ0n) is 12.1. The first-order valence-electron chi connectivity index (χ1n) is 6.52.